The summed E-state index contributed by atoms with van der Waals surface area (Å²) in [5.74, 6) is 2.51. The number of benzene rings is 1. The first kappa shape index (κ1) is 15.8. The minimum Gasteiger partial charge on any atom is -0.356 e. The number of aromatic nitrogens is 2. The van der Waals surface area contributed by atoms with E-state index in [1.54, 1.807) is 0 Å². The standard InChI is InChI=1S/C19H26N4/c1-14-6-8-17(9-7-14)12-20-19-21-16(3)11-18(22-19)23-10-4-5-15(2)13-23/h6-9,11,15H,4-5,10,12-13H2,1-3H3,(H,20,21,22). The predicted molar refractivity (Wildman–Crippen MR) is 95.9 cm³/mol. The first-order valence-electron chi connectivity index (χ1n) is 8.50. The van der Waals surface area contributed by atoms with E-state index in [1.165, 1.54) is 24.0 Å². The van der Waals surface area contributed by atoms with E-state index in [-0.39, 0.29) is 0 Å². The van der Waals surface area contributed by atoms with E-state index in [0.29, 0.717) is 0 Å². The van der Waals surface area contributed by atoms with Crippen LogP contribution in [0.5, 0.6) is 0 Å². The highest BCUT2D eigenvalue weighted by Gasteiger charge is 2.18. The summed E-state index contributed by atoms with van der Waals surface area (Å²) in [6.07, 6.45) is 2.56. The minimum atomic E-state index is 0.721. The molecule has 1 aromatic carbocycles. The number of nitrogens with zero attached hydrogens (tertiary/aromatic N) is 3. The van der Waals surface area contributed by atoms with E-state index >= 15 is 0 Å². The van der Waals surface area contributed by atoms with Gasteiger partial charge < -0.3 is 10.2 Å². The molecule has 2 heterocycles. The first-order chi connectivity index (χ1) is 11.1. The number of nitrogens with one attached hydrogen (secondary N) is 1. The van der Waals surface area contributed by atoms with Gasteiger partial charge in [-0.3, -0.25) is 0 Å². The van der Waals surface area contributed by atoms with Crippen LogP contribution in [0, 0.1) is 19.8 Å². The summed E-state index contributed by atoms with van der Waals surface area (Å²) in [5, 5.41) is 3.36. The van der Waals surface area contributed by atoms with Crippen LogP contribution in [-0.4, -0.2) is 23.1 Å². The second-order valence-corrected chi connectivity index (χ2v) is 6.72. The molecule has 0 aliphatic carbocycles. The average molecular weight is 310 g/mol. The van der Waals surface area contributed by atoms with E-state index in [0.717, 1.165) is 43.0 Å². The highest BCUT2D eigenvalue weighted by atomic mass is 15.2. The molecule has 3 rings (SSSR count). The molecule has 1 aliphatic rings. The van der Waals surface area contributed by atoms with Crippen molar-refractivity contribution in [2.24, 2.45) is 5.92 Å². The van der Waals surface area contributed by atoms with Crippen LogP contribution in [0.25, 0.3) is 0 Å². The Morgan fingerprint density at radius 2 is 1.96 bits per heavy atom. The van der Waals surface area contributed by atoms with Gasteiger partial charge >= 0.3 is 0 Å². The second kappa shape index (κ2) is 6.99. The van der Waals surface area contributed by atoms with Gasteiger partial charge in [0.1, 0.15) is 5.82 Å². The van der Waals surface area contributed by atoms with E-state index < -0.39 is 0 Å². The smallest absolute Gasteiger partial charge is 0.225 e. The van der Waals surface area contributed by atoms with Crippen molar-refractivity contribution in [2.45, 2.75) is 40.2 Å². The van der Waals surface area contributed by atoms with Gasteiger partial charge in [0.2, 0.25) is 5.95 Å². The molecule has 0 saturated carbocycles. The van der Waals surface area contributed by atoms with Gasteiger partial charge in [0.15, 0.2) is 0 Å². The quantitative estimate of drug-likeness (QED) is 0.928. The second-order valence-electron chi connectivity index (χ2n) is 6.72. The molecule has 1 atom stereocenters. The number of hydrogen-bond acceptors (Lipinski definition) is 4. The van der Waals surface area contributed by atoms with Crippen molar-refractivity contribution in [3.05, 3.63) is 47.2 Å². The highest BCUT2D eigenvalue weighted by molar-refractivity contribution is 5.45. The largest absolute Gasteiger partial charge is 0.356 e. The van der Waals surface area contributed by atoms with E-state index in [1.807, 2.05) is 6.92 Å². The molecule has 2 aromatic rings. The van der Waals surface area contributed by atoms with Gasteiger partial charge in [-0.1, -0.05) is 36.8 Å². The third-order valence-electron chi connectivity index (χ3n) is 4.39. The van der Waals surface area contributed by atoms with Crippen LogP contribution >= 0.6 is 0 Å². The van der Waals surface area contributed by atoms with E-state index in [4.69, 9.17) is 4.98 Å². The zero-order valence-electron chi connectivity index (χ0n) is 14.3. The van der Waals surface area contributed by atoms with E-state index in [9.17, 15) is 0 Å². The monoisotopic (exact) mass is 310 g/mol. The molecule has 1 fully saturated rings. The Bertz CT molecular complexity index is 651. The maximum Gasteiger partial charge on any atom is 0.225 e. The summed E-state index contributed by atoms with van der Waals surface area (Å²) in [7, 11) is 0. The molecule has 1 unspecified atom stereocenters. The molecule has 4 nitrogen and oxygen atoms in total. The van der Waals surface area contributed by atoms with E-state index in [2.05, 4.69) is 59.4 Å². The van der Waals surface area contributed by atoms with Gasteiger partial charge in [0.25, 0.3) is 0 Å². The van der Waals surface area contributed by atoms with Crippen LogP contribution in [-0.2, 0) is 6.54 Å². The maximum atomic E-state index is 4.73. The SMILES string of the molecule is Cc1ccc(CNc2nc(C)cc(N3CCCC(C)C3)n2)cc1. The Balaban J connectivity index is 1.71. The molecule has 23 heavy (non-hydrogen) atoms. The Hall–Kier alpha value is -2.10. The fourth-order valence-corrected chi connectivity index (χ4v) is 3.08. The van der Waals surface area contributed by atoms with Crippen LogP contribution in [0.15, 0.2) is 30.3 Å². The van der Waals surface area contributed by atoms with Gasteiger partial charge in [0.05, 0.1) is 0 Å². The van der Waals surface area contributed by atoms with Crippen LogP contribution in [0.4, 0.5) is 11.8 Å². The third-order valence-corrected chi connectivity index (χ3v) is 4.39. The van der Waals surface area contributed by atoms with Gasteiger partial charge in [-0.25, -0.2) is 4.98 Å². The summed E-state index contributed by atoms with van der Waals surface area (Å²) in [6.45, 7) is 9.39. The van der Waals surface area contributed by atoms with Crippen molar-refractivity contribution in [3.63, 3.8) is 0 Å². The van der Waals surface area contributed by atoms with Crippen molar-refractivity contribution in [1.82, 2.24) is 9.97 Å². The zero-order valence-corrected chi connectivity index (χ0v) is 14.3. The number of rotatable bonds is 4. The average Bonchev–Trinajstić information content (AvgIpc) is 2.54. The summed E-state index contributed by atoms with van der Waals surface area (Å²) < 4.78 is 0. The zero-order chi connectivity index (χ0) is 16.2. The molecule has 0 amide bonds. The highest BCUT2D eigenvalue weighted by Crippen LogP contribution is 2.22. The number of anilines is 2. The normalized spacial score (nSPS) is 18.0. The Labute approximate surface area is 139 Å². The minimum absolute atomic E-state index is 0.721. The molecule has 0 radical (unpaired) electrons. The van der Waals surface area contributed by atoms with Crippen LogP contribution in [0.1, 0.15) is 36.6 Å². The number of hydrogen-bond donors (Lipinski definition) is 1. The van der Waals surface area contributed by atoms with Crippen LogP contribution in [0.2, 0.25) is 0 Å². The Morgan fingerprint density at radius 3 is 2.70 bits per heavy atom. The topological polar surface area (TPSA) is 41.1 Å². The van der Waals surface area contributed by atoms with Crippen molar-refractivity contribution in [3.8, 4) is 0 Å². The maximum absolute atomic E-state index is 4.73. The summed E-state index contributed by atoms with van der Waals surface area (Å²) in [4.78, 5) is 11.6. The van der Waals surface area contributed by atoms with Crippen LogP contribution < -0.4 is 10.2 Å². The van der Waals surface area contributed by atoms with Crippen LogP contribution in [0.3, 0.4) is 0 Å². The number of piperidine rings is 1. The summed E-state index contributed by atoms with van der Waals surface area (Å²) in [5.41, 5.74) is 3.54. The lowest BCUT2D eigenvalue weighted by atomic mass is 10.0. The third kappa shape index (κ3) is 4.21. The molecule has 0 bridgehead atoms. The fraction of sp³-hybridized carbons (Fsp3) is 0.474. The Morgan fingerprint density at radius 1 is 1.17 bits per heavy atom. The number of aryl methyl sites for hydroxylation is 2. The molecule has 1 aliphatic heterocycles. The Kier molecular flexibility index (Phi) is 4.79. The van der Waals surface area contributed by atoms with Crippen molar-refractivity contribution in [2.75, 3.05) is 23.3 Å². The van der Waals surface area contributed by atoms with Gasteiger partial charge in [-0.05, 0) is 38.2 Å². The molecule has 1 saturated heterocycles. The predicted octanol–water partition coefficient (Wildman–Crippen LogP) is 3.94. The summed E-state index contributed by atoms with van der Waals surface area (Å²) in [6, 6.07) is 10.6. The lowest BCUT2D eigenvalue weighted by Crippen LogP contribution is -2.35. The molecule has 122 valence electrons. The fourth-order valence-electron chi connectivity index (χ4n) is 3.08. The summed E-state index contributed by atoms with van der Waals surface area (Å²) >= 11 is 0. The lowest BCUT2D eigenvalue weighted by molar-refractivity contribution is 0.444. The van der Waals surface area contributed by atoms with Gasteiger partial charge in [-0.15, -0.1) is 0 Å². The molecule has 4 heteroatoms. The molecular weight excluding hydrogens is 284 g/mol. The lowest BCUT2D eigenvalue weighted by Gasteiger charge is -2.32. The van der Waals surface area contributed by atoms with Crippen molar-refractivity contribution in [1.29, 1.82) is 0 Å². The molecule has 1 N–H and O–H groups in total. The molecule has 0 spiro atoms. The van der Waals surface area contributed by atoms with Crippen molar-refractivity contribution >= 4 is 11.8 Å². The van der Waals surface area contributed by atoms with Crippen molar-refractivity contribution < 1.29 is 0 Å². The van der Waals surface area contributed by atoms with Gasteiger partial charge in [0, 0.05) is 31.4 Å². The molecular formula is C19H26N4. The van der Waals surface area contributed by atoms with Gasteiger partial charge in [-0.2, -0.15) is 4.98 Å². The first-order valence-corrected chi connectivity index (χ1v) is 8.50. The molecule has 1 aromatic heterocycles.